The topological polar surface area (TPSA) is 24.8 Å². The Balaban J connectivity index is 1.59. The SMILES string of the molecule is Fc1ccc(C2=NN3[C@@H](c4ccc(Cl)cc4)Oc4ccc(Br)cc4[C@@H]3C2)cc1. The van der Waals surface area contributed by atoms with Crippen LogP contribution in [0.2, 0.25) is 5.02 Å². The molecule has 0 spiro atoms. The Morgan fingerprint density at radius 1 is 1.04 bits per heavy atom. The molecule has 0 unspecified atom stereocenters. The van der Waals surface area contributed by atoms with Gasteiger partial charge in [0.05, 0.1) is 11.8 Å². The largest absolute Gasteiger partial charge is 0.464 e. The van der Waals surface area contributed by atoms with Gasteiger partial charge in [-0.1, -0.05) is 51.8 Å². The Kier molecular flexibility index (Phi) is 4.37. The quantitative estimate of drug-likeness (QED) is 0.440. The molecule has 0 radical (unpaired) electrons. The summed E-state index contributed by atoms with van der Waals surface area (Å²) in [6.45, 7) is 0. The lowest BCUT2D eigenvalue weighted by atomic mass is 9.96. The van der Waals surface area contributed by atoms with Gasteiger partial charge in [-0.3, -0.25) is 0 Å². The highest BCUT2D eigenvalue weighted by Gasteiger charge is 2.41. The second-order valence-corrected chi connectivity index (χ2v) is 8.21. The number of nitrogens with zero attached hydrogens (tertiary/aromatic N) is 2. The molecular formula is C22H15BrClFN2O. The number of fused-ring (bicyclic) bond motifs is 3. The van der Waals surface area contributed by atoms with Crippen LogP contribution < -0.4 is 4.74 Å². The van der Waals surface area contributed by atoms with Gasteiger partial charge in [0, 0.05) is 27.0 Å². The molecule has 0 bridgehead atoms. The highest BCUT2D eigenvalue weighted by atomic mass is 79.9. The van der Waals surface area contributed by atoms with E-state index in [0.29, 0.717) is 5.02 Å². The highest BCUT2D eigenvalue weighted by molar-refractivity contribution is 9.10. The minimum atomic E-state index is -0.353. The molecule has 3 nitrogen and oxygen atoms in total. The summed E-state index contributed by atoms with van der Waals surface area (Å²) in [5, 5.41) is 7.55. The lowest BCUT2D eigenvalue weighted by Gasteiger charge is -2.38. The van der Waals surface area contributed by atoms with Crippen LogP contribution >= 0.6 is 27.5 Å². The lowest BCUT2D eigenvalue weighted by molar-refractivity contribution is -0.0190. The number of hydrogen-bond donors (Lipinski definition) is 0. The van der Waals surface area contributed by atoms with Crippen LogP contribution in [0.4, 0.5) is 4.39 Å². The van der Waals surface area contributed by atoms with Crippen molar-refractivity contribution in [2.24, 2.45) is 5.10 Å². The van der Waals surface area contributed by atoms with E-state index in [4.69, 9.17) is 21.4 Å². The van der Waals surface area contributed by atoms with Crippen molar-refractivity contribution in [2.45, 2.75) is 18.7 Å². The van der Waals surface area contributed by atoms with Gasteiger partial charge >= 0.3 is 0 Å². The van der Waals surface area contributed by atoms with Crippen molar-refractivity contribution < 1.29 is 9.13 Å². The van der Waals surface area contributed by atoms with Crippen LogP contribution in [0.25, 0.3) is 0 Å². The molecule has 0 aliphatic carbocycles. The van der Waals surface area contributed by atoms with Gasteiger partial charge < -0.3 is 4.74 Å². The first-order valence-electron chi connectivity index (χ1n) is 8.92. The third-order valence-corrected chi connectivity index (χ3v) is 5.83. The van der Waals surface area contributed by atoms with E-state index < -0.39 is 0 Å². The van der Waals surface area contributed by atoms with Crippen molar-refractivity contribution in [3.8, 4) is 5.75 Å². The second kappa shape index (κ2) is 6.90. The molecule has 2 atom stereocenters. The number of hydrazone groups is 1. The van der Waals surface area contributed by atoms with E-state index in [1.54, 1.807) is 12.1 Å². The van der Waals surface area contributed by atoms with Gasteiger partial charge in [0.25, 0.3) is 0 Å². The summed E-state index contributed by atoms with van der Waals surface area (Å²) >= 11 is 9.61. The van der Waals surface area contributed by atoms with Crippen LogP contribution in [0, 0.1) is 5.82 Å². The molecule has 3 aromatic rings. The smallest absolute Gasteiger partial charge is 0.213 e. The van der Waals surface area contributed by atoms with Gasteiger partial charge in [0.1, 0.15) is 11.6 Å². The van der Waals surface area contributed by atoms with E-state index >= 15 is 0 Å². The van der Waals surface area contributed by atoms with Crippen molar-refractivity contribution in [3.05, 3.63) is 98.7 Å². The number of rotatable bonds is 2. The average Bonchev–Trinajstić information content (AvgIpc) is 3.14. The first-order valence-corrected chi connectivity index (χ1v) is 10.1. The van der Waals surface area contributed by atoms with Crippen LogP contribution in [-0.4, -0.2) is 10.7 Å². The van der Waals surface area contributed by atoms with E-state index in [2.05, 4.69) is 22.0 Å². The van der Waals surface area contributed by atoms with Crippen molar-refractivity contribution >= 4 is 33.2 Å². The molecule has 5 rings (SSSR count). The van der Waals surface area contributed by atoms with E-state index in [9.17, 15) is 4.39 Å². The fourth-order valence-electron chi connectivity index (χ4n) is 3.72. The van der Waals surface area contributed by atoms with Crippen LogP contribution in [0.1, 0.15) is 35.4 Å². The maximum absolute atomic E-state index is 13.3. The summed E-state index contributed by atoms with van der Waals surface area (Å²) in [5.74, 6) is 0.594. The zero-order valence-corrected chi connectivity index (χ0v) is 17.0. The summed E-state index contributed by atoms with van der Waals surface area (Å²) in [6, 6.07) is 20.2. The minimum absolute atomic E-state index is 0.0435. The molecule has 0 saturated heterocycles. The van der Waals surface area contributed by atoms with E-state index in [-0.39, 0.29) is 18.1 Å². The molecule has 2 heterocycles. The van der Waals surface area contributed by atoms with E-state index in [1.165, 1.54) is 12.1 Å². The summed E-state index contributed by atoms with van der Waals surface area (Å²) in [5.41, 5.74) is 3.90. The number of benzene rings is 3. The Hall–Kier alpha value is -2.37. The molecule has 28 heavy (non-hydrogen) atoms. The van der Waals surface area contributed by atoms with Gasteiger partial charge in [0.15, 0.2) is 0 Å². The van der Waals surface area contributed by atoms with Crippen LogP contribution in [0.3, 0.4) is 0 Å². The summed E-state index contributed by atoms with van der Waals surface area (Å²) in [4.78, 5) is 0. The van der Waals surface area contributed by atoms with Crippen LogP contribution in [0.5, 0.6) is 5.75 Å². The number of halogens is 3. The van der Waals surface area contributed by atoms with Crippen molar-refractivity contribution in [2.75, 3.05) is 0 Å². The Morgan fingerprint density at radius 2 is 1.79 bits per heavy atom. The van der Waals surface area contributed by atoms with Crippen LogP contribution in [0.15, 0.2) is 76.3 Å². The number of ether oxygens (including phenoxy) is 1. The molecular weight excluding hydrogens is 443 g/mol. The first kappa shape index (κ1) is 17.7. The first-order chi connectivity index (χ1) is 13.6. The second-order valence-electron chi connectivity index (χ2n) is 6.86. The molecule has 140 valence electrons. The highest BCUT2D eigenvalue weighted by Crippen LogP contribution is 2.48. The van der Waals surface area contributed by atoms with Crippen molar-refractivity contribution in [1.82, 2.24) is 5.01 Å². The van der Waals surface area contributed by atoms with E-state index in [0.717, 1.165) is 39.0 Å². The van der Waals surface area contributed by atoms with Crippen molar-refractivity contribution in [1.29, 1.82) is 0 Å². The maximum Gasteiger partial charge on any atom is 0.213 e. The predicted molar refractivity (Wildman–Crippen MR) is 111 cm³/mol. The summed E-state index contributed by atoms with van der Waals surface area (Å²) < 4.78 is 20.7. The molecule has 0 aromatic heterocycles. The Labute approximate surface area is 175 Å². The number of hydrogen-bond acceptors (Lipinski definition) is 3. The summed E-state index contributed by atoms with van der Waals surface area (Å²) in [7, 11) is 0. The van der Waals surface area contributed by atoms with Gasteiger partial charge in [-0.2, -0.15) is 5.10 Å². The lowest BCUT2D eigenvalue weighted by Crippen LogP contribution is -2.33. The van der Waals surface area contributed by atoms with Gasteiger partial charge in [0.2, 0.25) is 6.23 Å². The molecule has 2 aliphatic heterocycles. The molecule has 3 aromatic carbocycles. The Bertz CT molecular complexity index is 1070. The molecule has 0 N–H and O–H groups in total. The average molecular weight is 458 g/mol. The minimum Gasteiger partial charge on any atom is -0.464 e. The fourth-order valence-corrected chi connectivity index (χ4v) is 4.23. The van der Waals surface area contributed by atoms with Crippen LogP contribution in [-0.2, 0) is 0 Å². The zero-order valence-electron chi connectivity index (χ0n) is 14.6. The molecule has 0 amide bonds. The zero-order chi connectivity index (χ0) is 19.3. The fraction of sp³-hybridized carbons (Fsp3) is 0.136. The Morgan fingerprint density at radius 3 is 2.54 bits per heavy atom. The monoisotopic (exact) mass is 456 g/mol. The molecule has 2 aliphatic rings. The predicted octanol–water partition coefficient (Wildman–Crippen LogP) is 6.48. The van der Waals surface area contributed by atoms with Crippen molar-refractivity contribution in [3.63, 3.8) is 0 Å². The van der Waals surface area contributed by atoms with Gasteiger partial charge in [-0.05, 0) is 48.0 Å². The molecule has 6 heteroatoms. The normalized spacial score (nSPS) is 20.2. The van der Waals surface area contributed by atoms with E-state index in [1.807, 2.05) is 41.4 Å². The third kappa shape index (κ3) is 3.09. The maximum atomic E-state index is 13.3. The third-order valence-electron chi connectivity index (χ3n) is 5.08. The standard InChI is InChI=1S/C22H15BrClFN2O/c23-15-5-10-21-18(11-15)20-12-19(13-3-8-17(25)9-4-13)26-27(20)22(28-21)14-1-6-16(24)7-2-14/h1-11,20,22H,12H2/t20-,22+/m0/s1. The summed E-state index contributed by atoms with van der Waals surface area (Å²) in [6.07, 6.45) is 0.372. The van der Waals surface area contributed by atoms with Gasteiger partial charge in [-0.15, -0.1) is 0 Å². The van der Waals surface area contributed by atoms with Gasteiger partial charge in [-0.25, -0.2) is 9.40 Å². The molecule has 0 fully saturated rings. The molecule has 0 saturated carbocycles.